The summed E-state index contributed by atoms with van der Waals surface area (Å²) >= 11 is 0. The number of hydrogen-bond acceptors (Lipinski definition) is 0. The van der Waals surface area contributed by atoms with Crippen molar-refractivity contribution >= 4 is 0 Å². The Kier molecular flexibility index (Phi) is 4.07. The van der Waals surface area contributed by atoms with E-state index in [1.54, 1.807) is 6.07 Å². The third-order valence-electron chi connectivity index (χ3n) is 2.73. The van der Waals surface area contributed by atoms with Gasteiger partial charge in [0.1, 0.15) is 5.82 Å². The van der Waals surface area contributed by atoms with Gasteiger partial charge < -0.3 is 0 Å². The normalized spacial score (nSPS) is 13.4. The molecule has 0 spiro atoms. The summed E-state index contributed by atoms with van der Waals surface area (Å²) in [6.07, 6.45) is 4.90. The SMILES string of the molecule is C/C=C\C(C)Cc1cc(C)c(C)cc1F. The van der Waals surface area contributed by atoms with Crippen LogP contribution in [-0.2, 0) is 6.42 Å². The van der Waals surface area contributed by atoms with Crippen molar-refractivity contribution in [3.05, 3.63) is 46.8 Å². The largest absolute Gasteiger partial charge is 0.207 e. The van der Waals surface area contributed by atoms with E-state index in [0.717, 1.165) is 17.5 Å². The third kappa shape index (κ3) is 3.19. The maximum atomic E-state index is 13.6. The summed E-state index contributed by atoms with van der Waals surface area (Å²) in [6, 6.07) is 3.59. The second kappa shape index (κ2) is 5.11. The molecule has 0 saturated carbocycles. The average molecular weight is 206 g/mol. The molecule has 15 heavy (non-hydrogen) atoms. The second-order valence-electron chi connectivity index (χ2n) is 4.24. The van der Waals surface area contributed by atoms with Crippen LogP contribution in [0.25, 0.3) is 0 Å². The van der Waals surface area contributed by atoms with Crippen molar-refractivity contribution in [2.45, 2.75) is 34.1 Å². The monoisotopic (exact) mass is 206 g/mol. The van der Waals surface area contributed by atoms with Gasteiger partial charge in [0.05, 0.1) is 0 Å². The van der Waals surface area contributed by atoms with Gasteiger partial charge in [0.15, 0.2) is 0 Å². The van der Waals surface area contributed by atoms with Crippen LogP contribution in [0.1, 0.15) is 30.5 Å². The van der Waals surface area contributed by atoms with Crippen molar-refractivity contribution in [1.82, 2.24) is 0 Å². The van der Waals surface area contributed by atoms with Crippen LogP contribution in [0.5, 0.6) is 0 Å². The summed E-state index contributed by atoms with van der Waals surface area (Å²) in [5.41, 5.74) is 3.01. The summed E-state index contributed by atoms with van der Waals surface area (Å²) in [5, 5.41) is 0. The molecule has 0 aliphatic heterocycles. The first-order valence-corrected chi connectivity index (χ1v) is 5.43. The lowest BCUT2D eigenvalue weighted by molar-refractivity contribution is 0.590. The molecule has 0 aromatic heterocycles. The number of aryl methyl sites for hydroxylation is 2. The van der Waals surface area contributed by atoms with Crippen LogP contribution in [0.2, 0.25) is 0 Å². The molecule has 0 aliphatic carbocycles. The molecule has 0 radical (unpaired) electrons. The minimum Gasteiger partial charge on any atom is -0.207 e. The van der Waals surface area contributed by atoms with Crippen molar-refractivity contribution in [2.75, 3.05) is 0 Å². The molecule has 1 heteroatoms. The van der Waals surface area contributed by atoms with Gasteiger partial charge in [-0.2, -0.15) is 0 Å². The minimum atomic E-state index is -0.0746. The predicted molar refractivity (Wildman–Crippen MR) is 63.6 cm³/mol. The zero-order valence-electron chi connectivity index (χ0n) is 9.97. The Hall–Kier alpha value is -1.11. The van der Waals surface area contributed by atoms with Crippen LogP contribution in [0.3, 0.4) is 0 Å². The van der Waals surface area contributed by atoms with Crippen molar-refractivity contribution < 1.29 is 4.39 Å². The molecule has 1 aromatic rings. The highest BCUT2D eigenvalue weighted by atomic mass is 19.1. The summed E-state index contributed by atoms with van der Waals surface area (Å²) in [6.45, 7) is 8.07. The fourth-order valence-electron chi connectivity index (χ4n) is 1.74. The molecule has 1 unspecified atom stereocenters. The van der Waals surface area contributed by atoms with Crippen LogP contribution >= 0.6 is 0 Å². The lowest BCUT2D eigenvalue weighted by Gasteiger charge is -2.10. The Morgan fingerprint density at radius 1 is 1.27 bits per heavy atom. The molecule has 0 bridgehead atoms. The molecule has 1 rings (SSSR count). The second-order valence-corrected chi connectivity index (χ2v) is 4.24. The highest BCUT2D eigenvalue weighted by Gasteiger charge is 2.07. The number of benzene rings is 1. The molecule has 1 atom stereocenters. The molecule has 0 heterocycles. The number of allylic oxidation sites excluding steroid dienone is 2. The van der Waals surface area contributed by atoms with E-state index in [9.17, 15) is 4.39 Å². The van der Waals surface area contributed by atoms with Gasteiger partial charge in [-0.1, -0.05) is 25.1 Å². The Bertz CT molecular complexity index is 364. The van der Waals surface area contributed by atoms with E-state index in [1.165, 1.54) is 5.56 Å². The van der Waals surface area contributed by atoms with Gasteiger partial charge in [0.2, 0.25) is 0 Å². The minimum absolute atomic E-state index is 0.0746. The zero-order valence-corrected chi connectivity index (χ0v) is 9.97. The van der Waals surface area contributed by atoms with Crippen LogP contribution in [0, 0.1) is 25.6 Å². The molecule has 0 nitrogen and oxygen atoms in total. The number of hydrogen-bond donors (Lipinski definition) is 0. The first-order valence-electron chi connectivity index (χ1n) is 5.43. The highest BCUT2D eigenvalue weighted by Crippen LogP contribution is 2.18. The number of rotatable bonds is 3. The molecule has 0 saturated heterocycles. The van der Waals surface area contributed by atoms with Crippen LogP contribution in [0.15, 0.2) is 24.3 Å². The number of halogens is 1. The lowest BCUT2D eigenvalue weighted by atomic mass is 9.97. The maximum Gasteiger partial charge on any atom is 0.126 e. The zero-order chi connectivity index (χ0) is 11.4. The summed E-state index contributed by atoms with van der Waals surface area (Å²) < 4.78 is 13.6. The summed E-state index contributed by atoms with van der Waals surface area (Å²) in [7, 11) is 0. The van der Waals surface area contributed by atoms with E-state index in [2.05, 4.69) is 13.0 Å². The molecule has 0 fully saturated rings. The van der Waals surface area contributed by atoms with Gasteiger partial charge in [0, 0.05) is 0 Å². The van der Waals surface area contributed by atoms with Crippen molar-refractivity contribution in [3.63, 3.8) is 0 Å². The molecule has 1 aromatic carbocycles. The van der Waals surface area contributed by atoms with Gasteiger partial charge >= 0.3 is 0 Å². The first-order chi connectivity index (χ1) is 7.04. The van der Waals surface area contributed by atoms with Crippen LogP contribution < -0.4 is 0 Å². The van der Waals surface area contributed by atoms with Crippen molar-refractivity contribution in [3.8, 4) is 0 Å². The van der Waals surface area contributed by atoms with Gasteiger partial charge in [-0.3, -0.25) is 0 Å². The van der Waals surface area contributed by atoms with Gasteiger partial charge in [-0.25, -0.2) is 4.39 Å². The fraction of sp³-hybridized carbons (Fsp3) is 0.429. The van der Waals surface area contributed by atoms with Crippen molar-refractivity contribution in [2.24, 2.45) is 5.92 Å². The van der Waals surface area contributed by atoms with E-state index in [0.29, 0.717) is 5.92 Å². The lowest BCUT2D eigenvalue weighted by Crippen LogP contribution is -2.00. The molecular weight excluding hydrogens is 187 g/mol. The Balaban J connectivity index is 2.90. The van der Waals surface area contributed by atoms with E-state index in [1.807, 2.05) is 32.9 Å². The van der Waals surface area contributed by atoms with E-state index >= 15 is 0 Å². The van der Waals surface area contributed by atoms with E-state index < -0.39 is 0 Å². The molecular formula is C14H19F. The Labute approximate surface area is 91.8 Å². The topological polar surface area (TPSA) is 0 Å². The van der Waals surface area contributed by atoms with Crippen molar-refractivity contribution in [1.29, 1.82) is 0 Å². The molecule has 0 aliphatic rings. The predicted octanol–water partition coefficient (Wildman–Crippen LogP) is 4.20. The van der Waals surface area contributed by atoms with E-state index in [-0.39, 0.29) is 5.82 Å². The smallest absolute Gasteiger partial charge is 0.126 e. The third-order valence-corrected chi connectivity index (χ3v) is 2.73. The fourth-order valence-corrected chi connectivity index (χ4v) is 1.74. The quantitative estimate of drug-likeness (QED) is 0.650. The van der Waals surface area contributed by atoms with Crippen LogP contribution in [0.4, 0.5) is 4.39 Å². The Morgan fingerprint density at radius 2 is 1.87 bits per heavy atom. The molecule has 0 amide bonds. The van der Waals surface area contributed by atoms with E-state index in [4.69, 9.17) is 0 Å². The summed E-state index contributed by atoms with van der Waals surface area (Å²) in [5.74, 6) is 0.320. The maximum absolute atomic E-state index is 13.6. The summed E-state index contributed by atoms with van der Waals surface area (Å²) in [4.78, 5) is 0. The van der Waals surface area contributed by atoms with Gasteiger partial charge in [-0.15, -0.1) is 0 Å². The standard InChI is InChI=1S/C14H19F/c1-5-6-10(2)7-13-8-11(3)12(4)9-14(13)15/h5-6,8-10H,7H2,1-4H3/b6-5-. The average Bonchev–Trinajstić information content (AvgIpc) is 2.14. The highest BCUT2D eigenvalue weighted by molar-refractivity contribution is 5.31. The molecule has 0 N–H and O–H groups in total. The van der Waals surface area contributed by atoms with Crippen LogP contribution in [-0.4, -0.2) is 0 Å². The van der Waals surface area contributed by atoms with Gasteiger partial charge in [0.25, 0.3) is 0 Å². The first kappa shape index (κ1) is 12.0. The van der Waals surface area contributed by atoms with Gasteiger partial charge in [-0.05, 0) is 55.9 Å². The Morgan fingerprint density at radius 3 is 2.47 bits per heavy atom. The molecule has 82 valence electrons.